The van der Waals surface area contributed by atoms with Crippen LogP contribution in [-0.4, -0.2) is 44.8 Å². The van der Waals surface area contributed by atoms with Gasteiger partial charge in [0.25, 0.3) is 0 Å². The zero-order valence-corrected chi connectivity index (χ0v) is 23.3. The molecule has 3 aliphatic heterocycles. The van der Waals surface area contributed by atoms with E-state index >= 15 is 0 Å². The highest BCUT2D eigenvalue weighted by Gasteiger charge is 2.61. The number of ether oxygens (including phenoxy) is 4. The molecule has 1 unspecified atom stereocenters. The van der Waals surface area contributed by atoms with Gasteiger partial charge in [0.2, 0.25) is 0 Å². The minimum absolute atomic E-state index is 0.306. The Labute approximate surface area is 229 Å². The van der Waals surface area contributed by atoms with Crippen LogP contribution in [0.4, 0.5) is 11.4 Å². The number of hydrogen-bond donors (Lipinski definition) is 0. The van der Waals surface area contributed by atoms with Crippen LogP contribution in [0.25, 0.3) is 0 Å². The Bertz CT molecular complexity index is 1370. The third-order valence-electron chi connectivity index (χ3n) is 8.51. The van der Waals surface area contributed by atoms with Crippen LogP contribution in [0.3, 0.4) is 0 Å². The van der Waals surface area contributed by atoms with Crippen LogP contribution < -0.4 is 14.0 Å². The summed E-state index contributed by atoms with van der Waals surface area (Å²) in [7, 11) is 3.34. The van der Waals surface area contributed by atoms with E-state index in [0.717, 1.165) is 65.5 Å². The van der Waals surface area contributed by atoms with Crippen molar-refractivity contribution in [3.05, 3.63) is 70.8 Å². The molecule has 1 aliphatic carbocycles. The number of methoxy groups -OCH3 is 2. The summed E-state index contributed by atoms with van der Waals surface area (Å²) in [5.41, 5.74) is 3.56. The van der Waals surface area contributed by atoms with Gasteiger partial charge in [-0.1, -0.05) is 12.2 Å². The van der Waals surface area contributed by atoms with Crippen molar-refractivity contribution in [2.45, 2.75) is 57.7 Å². The zero-order chi connectivity index (χ0) is 27.6. The van der Waals surface area contributed by atoms with Crippen molar-refractivity contribution < 1.29 is 28.5 Å². The fourth-order valence-electron chi connectivity index (χ4n) is 6.85. The summed E-state index contributed by atoms with van der Waals surface area (Å²) >= 11 is 0. The minimum atomic E-state index is -1.15. The number of rotatable bonds is 3. The average molecular weight is 531 g/mol. The van der Waals surface area contributed by atoms with Gasteiger partial charge < -0.3 is 18.9 Å². The lowest BCUT2D eigenvalue weighted by Crippen LogP contribution is -2.54. The molecule has 2 spiro atoms. The Morgan fingerprint density at radius 2 is 1.54 bits per heavy atom. The van der Waals surface area contributed by atoms with Crippen molar-refractivity contribution >= 4 is 23.3 Å². The molecule has 0 radical (unpaired) electrons. The summed E-state index contributed by atoms with van der Waals surface area (Å²) in [6.45, 7) is 7.44. The topological polar surface area (TPSA) is 71.1 Å². The normalized spacial score (nSPS) is 22.2. The SMILES string of the molecule is COc1ccc2c(c1)[N+]1(CCCCC1)c1cc(OC)ccc1C21OC(=O)C2=C1CC(C(=O)OC(C)(C)C)C=C2. The maximum absolute atomic E-state index is 13.5. The summed E-state index contributed by atoms with van der Waals surface area (Å²) in [6.07, 6.45) is 7.20. The molecule has 2 aromatic carbocycles. The van der Waals surface area contributed by atoms with E-state index in [2.05, 4.69) is 12.1 Å². The van der Waals surface area contributed by atoms with Gasteiger partial charge >= 0.3 is 11.9 Å². The van der Waals surface area contributed by atoms with Gasteiger partial charge in [-0.3, -0.25) is 9.28 Å². The second kappa shape index (κ2) is 8.98. The van der Waals surface area contributed by atoms with Gasteiger partial charge in [-0.05, 0) is 76.3 Å². The Hall–Kier alpha value is -3.58. The lowest BCUT2D eigenvalue weighted by Gasteiger charge is -2.50. The molecule has 39 heavy (non-hydrogen) atoms. The summed E-state index contributed by atoms with van der Waals surface area (Å²) in [5.74, 6) is 0.316. The predicted octanol–water partition coefficient (Wildman–Crippen LogP) is 5.85. The molecule has 0 saturated carbocycles. The van der Waals surface area contributed by atoms with E-state index in [-0.39, 0.29) is 11.9 Å². The highest BCUT2D eigenvalue weighted by Crippen LogP contribution is 2.62. The molecule has 204 valence electrons. The second-order valence-corrected chi connectivity index (χ2v) is 11.9. The number of piperidine rings is 1. The molecule has 0 amide bonds. The van der Waals surface area contributed by atoms with E-state index in [4.69, 9.17) is 18.9 Å². The Balaban J connectivity index is 1.60. The van der Waals surface area contributed by atoms with E-state index in [1.165, 1.54) is 6.42 Å². The number of fused-ring (bicyclic) bond motifs is 7. The summed E-state index contributed by atoms with van der Waals surface area (Å²) < 4.78 is 24.3. The Kier molecular flexibility index (Phi) is 5.92. The first kappa shape index (κ1) is 25.7. The predicted molar refractivity (Wildman–Crippen MR) is 148 cm³/mol. The number of carbonyl (C=O) groups excluding carboxylic acids is 2. The van der Waals surface area contributed by atoms with Crippen molar-refractivity contribution in [2.75, 3.05) is 27.3 Å². The third kappa shape index (κ3) is 3.81. The standard InChI is InChI=1S/C32H36NO6/c1-31(2,3)38-29(34)20-9-12-23-26(17-20)32(39-30(23)35)24-13-10-21(36-4)18-27(24)33(15-7-6-8-16-33)28-19-22(37-5)11-14-25(28)32/h9-14,18-20H,6-8,15-17H2,1-5H3/q+1. The van der Waals surface area contributed by atoms with E-state index in [1.807, 2.05) is 45.0 Å². The highest BCUT2D eigenvalue weighted by atomic mass is 16.6. The lowest BCUT2D eigenvalue weighted by atomic mass is 9.70. The van der Waals surface area contributed by atoms with Crippen LogP contribution in [0.2, 0.25) is 0 Å². The van der Waals surface area contributed by atoms with E-state index in [9.17, 15) is 9.59 Å². The van der Waals surface area contributed by atoms with Crippen LogP contribution in [0, 0.1) is 5.92 Å². The smallest absolute Gasteiger partial charge is 0.339 e. The monoisotopic (exact) mass is 530 g/mol. The summed E-state index contributed by atoms with van der Waals surface area (Å²) in [6, 6.07) is 12.2. The molecule has 2 aromatic rings. The molecule has 4 aliphatic rings. The number of nitrogens with zero attached hydrogens (tertiary/aromatic N) is 1. The van der Waals surface area contributed by atoms with Crippen molar-refractivity contribution in [1.82, 2.24) is 4.48 Å². The number of esters is 2. The van der Waals surface area contributed by atoms with Gasteiger partial charge in [-0.25, -0.2) is 4.79 Å². The number of carbonyl (C=O) groups is 2. The maximum Gasteiger partial charge on any atom is 0.339 e. The zero-order valence-electron chi connectivity index (χ0n) is 23.3. The molecule has 6 rings (SSSR count). The van der Waals surface area contributed by atoms with Crippen LogP contribution in [0.5, 0.6) is 11.5 Å². The van der Waals surface area contributed by atoms with Gasteiger partial charge in [0.15, 0.2) is 5.60 Å². The van der Waals surface area contributed by atoms with Crippen LogP contribution in [-0.2, 0) is 24.7 Å². The highest BCUT2D eigenvalue weighted by molar-refractivity contribution is 5.99. The third-order valence-corrected chi connectivity index (χ3v) is 8.51. The molecule has 1 saturated heterocycles. The van der Waals surface area contributed by atoms with Gasteiger partial charge in [0.1, 0.15) is 28.5 Å². The number of quaternary nitrogens is 1. The molecular weight excluding hydrogens is 494 g/mol. The molecule has 7 heteroatoms. The average Bonchev–Trinajstić information content (AvgIpc) is 3.23. The molecule has 0 N–H and O–H groups in total. The van der Waals surface area contributed by atoms with Crippen molar-refractivity contribution in [1.29, 1.82) is 0 Å². The summed E-state index contributed by atoms with van der Waals surface area (Å²) in [4.78, 5) is 26.7. The number of hydrogen-bond acceptors (Lipinski definition) is 6. The van der Waals surface area contributed by atoms with E-state index in [0.29, 0.717) is 16.5 Å². The molecule has 7 nitrogen and oxygen atoms in total. The van der Waals surface area contributed by atoms with Gasteiger partial charge in [0, 0.05) is 12.1 Å². The van der Waals surface area contributed by atoms with Gasteiger partial charge in [-0.15, -0.1) is 0 Å². The fraction of sp³-hybridized carbons (Fsp3) is 0.438. The Morgan fingerprint density at radius 1 is 0.949 bits per heavy atom. The summed E-state index contributed by atoms with van der Waals surface area (Å²) in [5, 5.41) is 0. The first-order valence-corrected chi connectivity index (χ1v) is 13.8. The first-order chi connectivity index (χ1) is 18.6. The largest absolute Gasteiger partial charge is 0.497 e. The van der Waals surface area contributed by atoms with Gasteiger partial charge in [-0.2, -0.15) is 0 Å². The van der Waals surface area contributed by atoms with E-state index < -0.39 is 17.1 Å². The molecule has 0 aromatic heterocycles. The lowest BCUT2D eigenvalue weighted by molar-refractivity contribution is -0.158. The first-order valence-electron chi connectivity index (χ1n) is 13.8. The molecule has 1 fully saturated rings. The van der Waals surface area contributed by atoms with Crippen molar-refractivity contribution in [2.24, 2.45) is 5.92 Å². The van der Waals surface area contributed by atoms with Crippen molar-refractivity contribution in [3.8, 4) is 11.5 Å². The van der Waals surface area contributed by atoms with Crippen LogP contribution in [0.1, 0.15) is 57.6 Å². The number of benzene rings is 2. The van der Waals surface area contributed by atoms with Crippen molar-refractivity contribution in [3.63, 3.8) is 0 Å². The molecular formula is C32H36NO6+. The quantitative estimate of drug-likeness (QED) is 0.366. The molecule has 1 atom stereocenters. The fourth-order valence-corrected chi connectivity index (χ4v) is 6.85. The second-order valence-electron chi connectivity index (χ2n) is 11.9. The van der Waals surface area contributed by atoms with Crippen LogP contribution in [0.15, 0.2) is 59.7 Å². The Morgan fingerprint density at radius 3 is 2.08 bits per heavy atom. The van der Waals surface area contributed by atoms with E-state index in [1.54, 1.807) is 26.4 Å². The molecule has 0 bridgehead atoms. The van der Waals surface area contributed by atoms with Crippen LogP contribution >= 0.6 is 0 Å². The maximum atomic E-state index is 13.5. The molecule has 3 heterocycles. The minimum Gasteiger partial charge on any atom is -0.497 e. The van der Waals surface area contributed by atoms with Gasteiger partial charge in [0.05, 0.1) is 49.9 Å².